The molecule has 0 atom stereocenters. The van der Waals surface area contributed by atoms with E-state index in [1.54, 1.807) is 18.2 Å². The zero-order chi connectivity index (χ0) is 13.0. The van der Waals surface area contributed by atoms with Crippen LogP contribution in [0.1, 0.15) is 15.9 Å². The molecule has 2 aromatic rings. The number of hydrogen-bond acceptors (Lipinski definition) is 4. The van der Waals surface area contributed by atoms with Gasteiger partial charge in [-0.2, -0.15) is 0 Å². The molecule has 0 radical (unpaired) electrons. The summed E-state index contributed by atoms with van der Waals surface area (Å²) in [5.74, 6) is -1.01. The van der Waals surface area contributed by atoms with Crippen LogP contribution in [-0.2, 0) is 11.3 Å². The number of ether oxygens (including phenoxy) is 1. The van der Waals surface area contributed by atoms with E-state index in [2.05, 4.69) is 4.98 Å². The number of rotatable bonds is 3. The van der Waals surface area contributed by atoms with Gasteiger partial charge in [0.1, 0.15) is 12.4 Å². The van der Waals surface area contributed by atoms with E-state index in [-0.39, 0.29) is 17.9 Å². The number of hydrogen-bond donors (Lipinski definition) is 1. The molecule has 0 fully saturated rings. The second-order valence-corrected chi connectivity index (χ2v) is 3.63. The van der Waals surface area contributed by atoms with Crippen LogP contribution in [0.25, 0.3) is 0 Å². The van der Waals surface area contributed by atoms with Gasteiger partial charge in [-0.1, -0.05) is 18.2 Å². The van der Waals surface area contributed by atoms with Gasteiger partial charge in [-0.25, -0.2) is 9.18 Å². The van der Waals surface area contributed by atoms with Crippen molar-refractivity contribution in [2.45, 2.75) is 6.61 Å². The maximum atomic E-state index is 13.3. The van der Waals surface area contributed by atoms with E-state index in [4.69, 9.17) is 10.5 Å². The molecule has 2 N–H and O–H groups in total. The highest BCUT2D eigenvalue weighted by atomic mass is 19.1. The second kappa shape index (κ2) is 5.27. The highest BCUT2D eigenvalue weighted by Gasteiger charge is 2.11. The summed E-state index contributed by atoms with van der Waals surface area (Å²) < 4.78 is 18.3. The molecule has 0 saturated heterocycles. The van der Waals surface area contributed by atoms with Gasteiger partial charge in [-0.3, -0.25) is 4.98 Å². The summed E-state index contributed by atoms with van der Waals surface area (Å²) in [5, 5.41) is 0. The zero-order valence-electron chi connectivity index (χ0n) is 9.47. The number of aromatic nitrogens is 1. The van der Waals surface area contributed by atoms with Crippen LogP contribution in [0.2, 0.25) is 0 Å². The topological polar surface area (TPSA) is 65.2 Å². The first kappa shape index (κ1) is 12.0. The number of pyridine rings is 1. The Hall–Kier alpha value is -2.43. The Morgan fingerprint density at radius 1 is 1.33 bits per heavy atom. The second-order valence-electron chi connectivity index (χ2n) is 3.63. The summed E-state index contributed by atoms with van der Waals surface area (Å²) in [4.78, 5) is 15.5. The van der Waals surface area contributed by atoms with Crippen molar-refractivity contribution in [3.63, 3.8) is 0 Å². The van der Waals surface area contributed by atoms with E-state index in [0.29, 0.717) is 5.56 Å². The van der Waals surface area contributed by atoms with Crippen LogP contribution in [0.5, 0.6) is 0 Å². The third-order valence-electron chi connectivity index (χ3n) is 2.39. The average molecular weight is 246 g/mol. The van der Waals surface area contributed by atoms with Gasteiger partial charge < -0.3 is 10.5 Å². The Labute approximate surface area is 103 Å². The van der Waals surface area contributed by atoms with Crippen LogP contribution in [-0.4, -0.2) is 11.0 Å². The SMILES string of the molecule is Nc1cnccc1C(=O)OCc1ccccc1F. The highest BCUT2D eigenvalue weighted by Crippen LogP contribution is 2.13. The largest absolute Gasteiger partial charge is 0.457 e. The predicted octanol–water partition coefficient (Wildman–Crippen LogP) is 2.16. The first-order valence-corrected chi connectivity index (χ1v) is 5.28. The first-order chi connectivity index (χ1) is 8.68. The molecule has 0 saturated carbocycles. The molecule has 2 rings (SSSR count). The number of anilines is 1. The summed E-state index contributed by atoms with van der Waals surface area (Å²) in [6, 6.07) is 7.57. The molecule has 92 valence electrons. The molecule has 1 aromatic heterocycles. The number of carbonyl (C=O) groups is 1. The van der Waals surface area contributed by atoms with E-state index in [0.717, 1.165) is 0 Å². The van der Waals surface area contributed by atoms with Crippen molar-refractivity contribution in [3.05, 3.63) is 59.7 Å². The van der Waals surface area contributed by atoms with Crippen molar-refractivity contribution in [3.8, 4) is 0 Å². The van der Waals surface area contributed by atoms with Crippen LogP contribution in [0.3, 0.4) is 0 Å². The number of nitrogens with zero attached hydrogens (tertiary/aromatic N) is 1. The quantitative estimate of drug-likeness (QED) is 0.843. The van der Waals surface area contributed by atoms with Crippen molar-refractivity contribution in [1.82, 2.24) is 4.98 Å². The van der Waals surface area contributed by atoms with E-state index in [1.807, 2.05) is 0 Å². The molecule has 4 nitrogen and oxygen atoms in total. The molecule has 18 heavy (non-hydrogen) atoms. The fourth-order valence-corrected chi connectivity index (χ4v) is 1.43. The highest BCUT2D eigenvalue weighted by molar-refractivity contribution is 5.94. The maximum absolute atomic E-state index is 13.3. The third kappa shape index (κ3) is 2.63. The van der Waals surface area contributed by atoms with Gasteiger partial charge in [0.15, 0.2) is 0 Å². The smallest absolute Gasteiger partial charge is 0.340 e. The normalized spacial score (nSPS) is 10.1. The monoisotopic (exact) mass is 246 g/mol. The van der Waals surface area contributed by atoms with Crippen LogP contribution in [0.15, 0.2) is 42.7 Å². The number of carbonyl (C=O) groups excluding carboxylic acids is 1. The van der Waals surface area contributed by atoms with Crippen LogP contribution >= 0.6 is 0 Å². The number of nitrogen functional groups attached to an aromatic ring is 1. The predicted molar refractivity (Wildman–Crippen MR) is 64.2 cm³/mol. The number of benzene rings is 1. The van der Waals surface area contributed by atoms with Crippen molar-refractivity contribution in [1.29, 1.82) is 0 Å². The molecule has 5 heteroatoms. The summed E-state index contributed by atoms with van der Waals surface area (Å²) in [5.41, 5.74) is 6.36. The third-order valence-corrected chi connectivity index (χ3v) is 2.39. The van der Waals surface area contributed by atoms with Crippen LogP contribution < -0.4 is 5.73 Å². The summed E-state index contributed by atoms with van der Waals surface area (Å²) >= 11 is 0. The van der Waals surface area contributed by atoms with Gasteiger partial charge in [-0.05, 0) is 12.1 Å². The summed E-state index contributed by atoms with van der Waals surface area (Å²) in [7, 11) is 0. The first-order valence-electron chi connectivity index (χ1n) is 5.28. The Kier molecular flexibility index (Phi) is 3.52. The van der Waals surface area contributed by atoms with Gasteiger partial charge in [0, 0.05) is 11.8 Å². The fraction of sp³-hybridized carbons (Fsp3) is 0.0769. The Morgan fingerprint density at radius 2 is 2.11 bits per heavy atom. The summed E-state index contributed by atoms with van der Waals surface area (Å²) in [6.07, 6.45) is 2.80. The maximum Gasteiger partial charge on any atom is 0.340 e. The van der Waals surface area contributed by atoms with E-state index in [9.17, 15) is 9.18 Å². The minimum atomic E-state index is -0.599. The molecule has 1 heterocycles. The van der Waals surface area contributed by atoms with Crippen LogP contribution in [0, 0.1) is 5.82 Å². The lowest BCUT2D eigenvalue weighted by molar-refractivity contribution is 0.0470. The van der Waals surface area contributed by atoms with Gasteiger partial charge in [-0.15, -0.1) is 0 Å². The Morgan fingerprint density at radius 3 is 2.83 bits per heavy atom. The molecule has 0 aliphatic carbocycles. The molecular formula is C13H11FN2O2. The minimum absolute atomic E-state index is 0.132. The number of halogens is 1. The van der Waals surface area contributed by atoms with E-state index < -0.39 is 11.8 Å². The average Bonchev–Trinajstić information content (AvgIpc) is 2.38. The van der Waals surface area contributed by atoms with Crippen molar-refractivity contribution < 1.29 is 13.9 Å². The van der Waals surface area contributed by atoms with Gasteiger partial charge in [0.05, 0.1) is 17.4 Å². The number of nitrogens with two attached hydrogens (primary N) is 1. The van der Waals surface area contributed by atoms with Crippen LogP contribution in [0.4, 0.5) is 10.1 Å². The van der Waals surface area contributed by atoms with Crippen molar-refractivity contribution >= 4 is 11.7 Å². The summed E-state index contributed by atoms with van der Waals surface area (Å²) in [6.45, 7) is -0.132. The standard InChI is InChI=1S/C13H11FN2O2/c14-11-4-2-1-3-9(11)8-18-13(17)10-5-6-16-7-12(10)15/h1-7H,8,15H2. The fourth-order valence-electron chi connectivity index (χ4n) is 1.43. The van der Waals surface area contributed by atoms with Crippen molar-refractivity contribution in [2.24, 2.45) is 0 Å². The Bertz CT molecular complexity index is 572. The molecule has 0 aliphatic heterocycles. The Balaban J connectivity index is 2.06. The molecule has 0 bridgehead atoms. The molecule has 0 amide bonds. The molecular weight excluding hydrogens is 235 g/mol. The lowest BCUT2D eigenvalue weighted by atomic mass is 10.2. The lowest BCUT2D eigenvalue weighted by Gasteiger charge is -2.07. The van der Waals surface area contributed by atoms with E-state index >= 15 is 0 Å². The molecule has 0 spiro atoms. The molecule has 1 aromatic carbocycles. The molecule has 0 aliphatic rings. The lowest BCUT2D eigenvalue weighted by Crippen LogP contribution is -2.09. The van der Waals surface area contributed by atoms with Gasteiger partial charge >= 0.3 is 5.97 Å². The van der Waals surface area contributed by atoms with Gasteiger partial charge in [0.25, 0.3) is 0 Å². The van der Waals surface area contributed by atoms with Gasteiger partial charge in [0.2, 0.25) is 0 Å². The van der Waals surface area contributed by atoms with Crippen molar-refractivity contribution in [2.75, 3.05) is 5.73 Å². The zero-order valence-corrected chi connectivity index (χ0v) is 9.47. The minimum Gasteiger partial charge on any atom is -0.457 e. The van der Waals surface area contributed by atoms with E-state index in [1.165, 1.54) is 24.5 Å². The number of esters is 1. The molecule has 0 unspecified atom stereocenters.